The predicted molar refractivity (Wildman–Crippen MR) is 128 cm³/mol. The topological polar surface area (TPSA) is 138 Å². The highest BCUT2D eigenvalue weighted by Crippen LogP contribution is 2.32. The van der Waals surface area contributed by atoms with Gasteiger partial charge in [0.25, 0.3) is 5.91 Å². The van der Waals surface area contributed by atoms with E-state index in [4.69, 9.17) is 24.7 Å². The van der Waals surface area contributed by atoms with E-state index in [-0.39, 0.29) is 19.8 Å². The molecule has 0 fully saturated rings. The minimum Gasteiger partial charge on any atom is -0.457 e. The van der Waals surface area contributed by atoms with Crippen LogP contribution in [-0.2, 0) is 20.9 Å². The van der Waals surface area contributed by atoms with Crippen LogP contribution in [-0.4, -0.2) is 31.3 Å². The van der Waals surface area contributed by atoms with Crippen molar-refractivity contribution < 1.29 is 33.3 Å². The average Bonchev–Trinajstić information content (AvgIpc) is 3.34. The van der Waals surface area contributed by atoms with Crippen molar-refractivity contribution in [2.75, 3.05) is 13.4 Å². The fraction of sp³-hybridized carbons (Fsp3) is 0.192. The van der Waals surface area contributed by atoms with Crippen molar-refractivity contribution in [1.29, 1.82) is 0 Å². The summed E-state index contributed by atoms with van der Waals surface area (Å²) in [5.41, 5.74) is 6.70. The Kier molecular flexibility index (Phi) is 7.87. The highest BCUT2D eigenvalue weighted by Gasteiger charge is 2.20. The number of hydrogen-bond donors (Lipinski definition) is 3. The van der Waals surface area contributed by atoms with Gasteiger partial charge in [-0.1, -0.05) is 36.4 Å². The molecule has 0 radical (unpaired) electrons. The Morgan fingerprint density at radius 3 is 2.50 bits per heavy atom. The van der Waals surface area contributed by atoms with Crippen molar-refractivity contribution in [1.82, 2.24) is 10.6 Å². The van der Waals surface area contributed by atoms with Crippen LogP contribution in [0.2, 0.25) is 0 Å². The van der Waals surface area contributed by atoms with Gasteiger partial charge in [-0.2, -0.15) is 0 Å². The molecule has 1 heterocycles. The Morgan fingerprint density at radius 1 is 0.917 bits per heavy atom. The number of ether oxygens (including phenoxy) is 4. The van der Waals surface area contributed by atoms with Crippen LogP contribution in [0.1, 0.15) is 23.6 Å². The molecule has 0 saturated heterocycles. The lowest BCUT2D eigenvalue weighted by Gasteiger charge is -2.18. The SMILES string of the molecule is NC(=O)N[C@H](CC(=O)OCC(=O)NCc1ccc2c(c1)OCO2)c1cccc(Oc2ccccc2)c1. The van der Waals surface area contributed by atoms with Crippen molar-refractivity contribution in [3.8, 4) is 23.0 Å². The van der Waals surface area contributed by atoms with Gasteiger partial charge < -0.3 is 35.3 Å². The molecule has 1 aliphatic heterocycles. The highest BCUT2D eigenvalue weighted by molar-refractivity contribution is 5.81. The Morgan fingerprint density at radius 2 is 1.69 bits per heavy atom. The van der Waals surface area contributed by atoms with Crippen molar-refractivity contribution in [2.45, 2.75) is 19.0 Å². The lowest BCUT2D eigenvalue weighted by molar-refractivity contribution is -0.149. The standard InChI is InChI=1S/C26H25N3O7/c27-26(32)29-21(18-5-4-8-20(12-18)36-19-6-2-1-3-7-19)13-25(31)33-15-24(30)28-14-17-9-10-22-23(11-17)35-16-34-22/h1-12,21H,13-16H2,(H,28,30)(H3,27,29,32)/t21-/m1/s1. The summed E-state index contributed by atoms with van der Waals surface area (Å²) < 4.78 is 21.5. The molecule has 1 aliphatic rings. The highest BCUT2D eigenvalue weighted by atomic mass is 16.7. The number of carbonyl (C=O) groups excluding carboxylic acids is 3. The van der Waals surface area contributed by atoms with E-state index in [2.05, 4.69) is 10.6 Å². The van der Waals surface area contributed by atoms with Crippen LogP contribution in [0.25, 0.3) is 0 Å². The molecule has 0 spiro atoms. The Hall–Kier alpha value is -4.73. The number of benzene rings is 3. The number of hydrogen-bond acceptors (Lipinski definition) is 7. The molecule has 0 aromatic heterocycles. The molecule has 3 amide bonds. The van der Waals surface area contributed by atoms with Gasteiger partial charge in [-0.25, -0.2) is 4.79 Å². The zero-order valence-corrected chi connectivity index (χ0v) is 19.3. The van der Waals surface area contributed by atoms with E-state index in [0.717, 1.165) is 5.56 Å². The second-order valence-electron chi connectivity index (χ2n) is 7.88. The molecule has 10 nitrogen and oxygen atoms in total. The summed E-state index contributed by atoms with van der Waals surface area (Å²) in [6, 6.07) is 19.8. The smallest absolute Gasteiger partial charge is 0.312 e. The third kappa shape index (κ3) is 6.89. The van der Waals surface area contributed by atoms with E-state index in [1.807, 2.05) is 18.2 Å². The molecular formula is C26H25N3O7. The summed E-state index contributed by atoms with van der Waals surface area (Å²) in [4.78, 5) is 36.1. The maximum Gasteiger partial charge on any atom is 0.312 e. The molecule has 0 bridgehead atoms. The summed E-state index contributed by atoms with van der Waals surface area (Å²) in [6.07, 6.45) is -0.229. The van der Waals surface area contributed by atoms with Gasteiger partial charge in [0.2, 0.25) is 6.79 Å². The molecule has 0 aliphatic carbocycles. The van der Waals surface area contributed by atoms with Gasteiger partial charge in [0.1, 0.15) is 11.5 Å². The molecule has 4 rings (SSSR count). The lowest BCUT2D eigenvalue weighted by atomic mass is 10.0. The number of urea groups is 1. The van der Waals surface area contributed by atoms with E-state index in [1.165, 1.54) is 0 Å². The Bertz CT molecular complexity index is 1230. The maximum absolute atomic E-state index is 12.4. The van der Waals surface area contributed by atoms with E-state index >= 15 is 0 Å². The number of amides is 3. The summed E-state index contributed by atoms with van der Waals surface area (Å²) in [7, 11) is 0. The van der Waals surface area contributed by atoms with Gasteiger partial charge in [-0.05, 0) is 47.5 Å². The van der Waals surface area contributed by atoms with E-state index in [1.54, 1.807) is 54.6 Å². The Labute approximate surface area is 207 Å². The molecule has 3 aromatic carbocycles. The normalized spacial score (nSPS) is 12.3. The van der Waals surface area contributed by atoms with Crippen LogP contribution in [0.3, 0.4) is 0 Å². The minimum absolute atomic E-state index is 0.164. The summed E-state index contributed by atoms with van der Waals surface area (Å²) in [6.45, 7) is -0.0754. The van der Waals surface area contributed by atoms with Crippen molar-refractivity contribution >= 4 is 17.9 Å². The number of nitrogens with two attached hydrogens (primary N) is 1. The minimum atomic E-state index is -0.802. The van der Waals surface area contributed by atoms with Crippen LogP contribution < -0.4 is 30.6 Å². The second-order valence-corrected chi connectivity index (χ2v) is 7.88. The molecule has 0 saturated carbocycles. The number of fused-ring (bicyclic) bond motifs is 1. The van der Waals surface area contributed by atoms with Gasteiger partial charge in [0.15, 0.2) is 18.1 Å². The quantitative estimate of drug-likeness (QED) is 0.370. The first-order valence-electron chi connectivity index (χ1n) is 11.2. The fourth-order valence-electron chi connectivity index (χ4n) is 3.52. The van der Waals surface area contributed by atoms with Gasteiger partial charge in [0.05, 0.1) is 12.5 Å². The average molecular weight is 492 g/mol. The molecule has 4 N–H and O–H groups in total. The van der Waals surface area contributed by atoms with Crippen molar-refractivity contribution in [3.05, 3.63) is 83.9 Å². The van der Waals surface area contributed by atoms with E-state index < -0.39 is 30.6 Å². The van der Waals surface area contributed by atoms with Crippen LogP contribution >= 0.6 is 0 Å². The molecule has 0 unspecified atom stereocenters. The van der Waals surface area contributed by atoms with Crippen LogP contribution in [0, 0.1) is 0 Å². The molecule has 1 atom stereocenters. The molecule has 36 heavy (non-hydrogen) atoms. The largest absolute Gasteiger partial charge is 0.457 e. The number of para-hydroxylation sites is 1. The summed E-state index contributed by atoms with van der Waals surface area (Å²) in [5.74, 6) is 1.27. The molecule has 10 heteroatoms. The van der Waals surface area contributed by atoms with Crippen molar-refractivity contribution in [3.63, 3.8) is 0 Å². The predicted octanol–water partition coefficient (Wildman–Crippen LogP) is 3.17. The Balaban J connectivity index is 1.29. The zero-order valence-electron chi connectivity index (χ0n) is 19.3. The number of rotatable bonds is 10. The van der Waals surface area contributed by atoms with Gasteiger partial charge in [-0.3, -0.25) is 9.59 Å². The molecule has 3 aromatic rings. The second kappa shape index (κ2) is 11.6. The lowest BCUT2D eigenvalue weighted by Crippen LogP contribution is -2.35. The first kappa shape index (κ1) is 24.4. The zero-order chi connectivity index (χ0) is 25.3. The number of primary amides is 1. The third-order valence-corrected chi connectivity index (χ3v) is 5.22. The van der Waals surface area contributed by atoms with Gasteiger partial charge in [-0.15, -0.1) is 0 Å². The number of esters is 1. The maximum atomic E-state index is 12.4. The number of nitrogens with one attached hydrogen (secondary N) is 2. The summed E-state index contributed by atoms with van der Waals surface area (Å²) in [5, 5.41) is 5.21. The molecular weight excluding hydrogens is 466 g/mol. The fourth-order valence-corrected chi connectivity index (χ4v) is 3.52. The van der Waals surface area contributed by atoms with Crippen LogP contribution in [0.15, 0.2) is 72.8 Å². The number of carbonyl (C=O) groups is 3. The monoisotopic (exact) mass is 491 g/mol. The van der Waals surface area contributed by atoms with Gasteiger partial charge in [0, 0.05) is 6.54 Å². The van der Waals surface area contributed by atoms with Crippen molar-refractivity contribution in [2.24, 2.45) is 5.73 Å². The van der Waals surface area contributed by atoms with Crippen LogP contribution in [0.5, 0.6) is 23.0 Å². The summed E-state index contributed by atoms with van der Waals surface area (Å²) >= 11 is 0. The third-order valence-electron chi connectivity index (χ3n) is 5.22. The van der Waals surface area contributed by atoms with Crippen LogP contribution in [0.4, 0.5) is 4.79 Å². The molecule has 186 valence electrons. The first-order valence-corrected chi connectivity index (χ1v) is 11.2. The van der Waals surface area contributed by atoms with E-state index in [0.29, 0.717) is 28.6 Å². The first-order chi connectivity index (χ1) is 17.5. The van der Waals surface area contributed by atoms with E-state index in [9.17, 15) is 14.4 Å². The van der Waals surface area contributed by atoms with Gasteiger partial charge >= 0.3 is 12.0 Å².